The number of carbonyl (C=O) groups is 2. The van der Waals surface area contributed by atoms with Crippen LogP contribution in [0.1, 0.15) is 49.0 Å². The van der Waals surface area contributed by atoms with E-state index in [2.05, 4.69) is 13.8 Å². The van der Waals surface area contributed by atoms with Gasteiger partial charge in [-0.05, 0) is 37.0 Å². The highest BCUT2D eigenvalue weighted by atomic mass is 16.5. The highest BCUT2D eigenvalue weighted by molar-refractivity contribution is 5.87. The van der Waals surface area contributed by atoms with Crippen LogP contribution in [-0.4, -0.2) is 48.2 Å². The maximum Gasteiger partial charge on any atom is 0.335 e. The number of carbonyl (C=O) groups excluding carboxylic acids is 1. The third-order valence-corrected chi connectivity index (χ3v) is 4.07. The molecule has 0 aliphatic rings. The first kappa shape index (κ1) is 19.2. The second-order valence-electron chi connectivity index (χ2n) is 5.55. The lowest BCUT2D eigenvalue weighted by molar-refractivity contribution is -0.134. The van der Waals surface area contributed by atoms with Gasteiger partial charge >= 0.3 is 5.97 Å². The summed E-state index contributed by atoms with van der Waals surface area (Å²) < 4.78 is 5.11. The van der Waals surface area contributed by atoms with Crippen molar-refractivity contribution < 1.29 is 19.4 Å². The van der Waals surface area contributed by atoms with Crippen molar-refractivity contribution in [3.05, 3.63) is 35.4 Å². The minimum Gasteiger partial charge on any atom is -0.478 e. The topological polar surface area (TPSA) is 66.8 Å². The molecule has 1 rings (SSSR count). The van der Waals surface area contributed by atoms with Gasteiger partial charge in [0.05, 0.1) is 12.2 Å². The van der Waals surface area contributed by atoms with Gasteiger partial charge in [0.25, 0.3) is 0 Å². The van der Waals surface area contributed by atoms with Crippen LogP contribution in [0, 0.1) is 0 Å². The van der Waals surface area contributed by atoms with Crippen LogP contribution >= 0.6 is 0 Å². The number of amides is 1. The molecule has 0 radical (unpaired) electrons. The van der Waals surface area contributed by atoms with Crippen LogP contribution in [0.15, 0.2) is 24.3 Å². The monoisotopic (exact) mass is 321 g/mol. The van der Waals surface area contributed by atoms with Crippen LogP contribution < -0.4 is 0 Å². The first-order valence-corrected chi connectivity index (χ1v) is 8.14. The minimum atomic E-state index is -0.938. The Balaban J connectivity index is 2.64. The lowest BCUT2D eigenvalue weighted by atomic mass is 10.1. The maximum atomic E-state index is 12.5. The molecule has 0 aromatic heterocycles. The molecule has 0 atom stereocenters. The molecule has 1 N–H and O–H groups in total. The number of ether oxygens (including phenoxy) is 1. The van der Waals surface area contributed by atoms with Crippen molar-refractivity contribution in [3.63, 3.8) is 0 Å². The van der Waals surface area contributed by atoms with E-state index in [4.69, 9.17) is 9.84 Å². The summed E-state index contributed by atoms with van der Waals surface area (Å²) in [6.07, 6.45) is 2.90. The maximum absolute atomic E-state index is 12.5. The van der Waals surface area contributed by atoms with E-state index >= 15 is 0 Å². The summed E-state index contributed by atoms with van der Waals surface area (Å²) >= 11 is 0. The lowest BCUT2D eigenvalue weighted by Crippen LogP contribution is -2.41. The molecule has 0 aliphatic heterocycles. The fourth-order valence-corrected chi connectivity index (χ4v) is 2.64. The zero-order valence-electron chi connectivity index (χ0n) is 14.2. The molecule has 1 aromatic rings. The Labute approximate surface area is 138 Å². The van der Waals surface area contributed by atoms with E-state index in [1.165, 1.54) is 0 Å². The van der Waals surface area contributed by atoms with E-state index in [0.717, 1.165) is 18.4 Å². The van der Waals surface area contributed by atoms with Gasteiger partial charge in [0, 0.05) is 26.1 Å². The minimum absolute atomic E-state index is 0.123. The Bertz CT molecular complexity index is 494. The molecule has 0 bridgehead atoms. The van der Waals surface area contributed by atoms with Gasteiger partial charge in [0.15, 0.2) is 0 Å². The van der Waals surface area contributed by atoms with Gasteiger partial charge in [0.2, 0.25) is 5.91 Å². The third kappa shape index (κ3) is 6.02. The van der Waals surface area contributed by atoms with Crippen LogP contribution in [0.5, 0.6) is 0 Å². The van der Waals surface area contributed by atoms with Crippen LogP contribution in [0.2, 0.25) is 0 Å². The largest absolute Gasteiger partial charge is 0.478 e. The predicted molar refractivity (Wildman–Crippen MR) is 89.7 cm³/mol. The fourth-order valence-electron chi connectivity index (χ4n) is 2.64. The Kier molecular flexibility index (Phi) is 8.33. The van der Waals surface area contributed by atoms with E-state index in [1.807, 2.05) is 4.90 Å². The molecule has 0 aliphatic carbocycles. The molecule has 0 saturated heterocycles. The average Bonchev–Trinajstić information content (AvgIpc) is 2.56. The molecule has 5 heteroatoms. The Hall–Kier alpha value is -1.88. The number of carboxylic acid groups (broad SMARTS) is 1. The fraction of sp³-hybridized carbons (Fsp3) is 0.556. The second kappa shape index (κ2) is 10.0. The standard InChI is InChI=1S/C18H27NO4/c1-4-16(5-2)19(12-13-23-3)17(20)11-8-14-6-9-15(10-7-14)18(21)22/h6-7,9-10,16H,4-5,8,11-13H2,1-3H3,(H,21,22). The average molecular weight is 321 g/mol. The van der Waals surface area contributed by atoms with Gasteiger partial charge in [-0.25, -0.2) is 4.79 Å². The number of hydrogen-bond donors (Lipinski definition) is 1. The molecule has 0 heterocycles. The molecule has 23 heavy (non-hydrogen) atoms. The summed E-state index contributed by atoms with van der Waals surface area (Å²) in [7, 11) is 1.64. The summed E-state index contributed by atoms with van der Waals surface area (Å²) in [5.41, 5.74) is 1.23. The Morgan fingerprint density at radius 2 is 1.78 bits per heavy atom. The summed E-state index contributed by atoms with van der Waals surface area (Å²) in [6, 6.07) is 6.94. The molecule has 5 nitrogen and oxygen atoms in total. The number of methoxy groups -OCH3 is 1. The molecular formula is C18H27NO4. The van der Waals surface area contributed by atoms with Crippen molar-refractivity contribution >= 4 is 11.9 Å². The molecular weight excluding hydrogens is 294 g/mol. The van der Waals surface area contributed by atoms with Crippen molar-refractivity contribution in [1.29, 1.82) is 0 Å². The van der Waals surface area contributed by atoms with E-state index in [0.29, 0.717) is 26.0 Å². The number of aryl methyl sites for hydroxylation is 1. The molecule has 1 aromatic carbocycles. The Morgan fingerprint density at radius 1 is 1.17 bits per heavy atom. The zero-order valence-corrected chi connectivity index (χ0v) is 14.2. The van der Waals surface area contributed by atoms with Gasteiger partial charge in [-0.15, -0.1) is 0 Å². The van der Waals surface area contributed by atoms with Gasteiger partial charge in [-0.1, -0.05) is 26.0 Å². The molecule has 0 spiro atoms. The Morgan fingerprint density at radius 3 is 2.26 bits per heavy atom. The second-order valence-corrected chi connectivity index (χ2v) is 5.55. The van der Waals surface area contributed by atoms with Gasteiger partial charge in [-0.2, -0.15) is 0 Å². The number of nitrogens with zero attached hydrogens (tertiary/aromatic N) is 1. The number of benzene rings is 1. The van der Waals surface area contributed by atoms with Crippen molar-refractivity contribution in [1.82, 2.24) is 4.90 Å². The number of rotatable bonds is 10. The van der Waals surface area contributed by atoms with E-state index in [-0.39, 0.29) is 17.5 Å². The summed E-state index contributed by atoms with van der Waals surface area (Å²) in [6.45, 7) is 5.33. The SMILES string of the molecule is CCC(CC)N(CCOC)C(=O)CCc1ccc(C(=O)O)cc1. The highest BCUT2D eigenvalue weighted by Gasteiger charge is 2.20. The van der Waals surface area contributed by atoms with Crippen molar-refractivity contribution in [2.45, 2.75) is 45.6 Å². The number of hydrogen-bond acceptors (Lipinski definition) is 3. The van der Waals surface area contributed by atoms with Gasteiger partial charge in [-0.3, -0.25) is 4.79 Å². The molecule has 1 amide bonds. The van der Waals surface area contributed by atoms with E-state index in [9.17, 15) is 9.59 Å². The molecule has 0 unspecified atom stereocenters. The smallest absolute Gasteiger partial charge is 0.335 e. The van der Waals surface area contributed by atoms with Crippen molar-refractivity contribution in [3.8, 4) is 0 Å². The lowest BCUT2D eigenvalue weighted by Gasteiger charge is -2.30. The first-order chi connectivity index (χ1) is 11.0. The third-order valence-electron chi connectivity index (χ3n) is 4.07. The van der Waals surface area contributed by atoms with E-state index < -0.39 is 5.97 Å². The summed E-state index contributed by atoms with van der Waals surface area (Å²) in [4.78, 5) is 25.3. The molecule has 128 valence electrons. The van der Waals surface area contributed by atoms with Crippen LogP contribution in [-0.2, 0) is 16.0 Å². The van der Waals surface area contributed by atoms with E-state index in [1.54, 1.807) is 31.4 Å². The molecule has 0 fully saturated rings. The summed E-state index contributed by atoms with van der Waals surface area (Å²) in [5.74, 6) is -0.815. The normalized spacial score (nSPS) is 10.8. The van der Waals surface area contributed by atoms with Crippen molar-refractivity contribution in [2.75, 3.05) is 20.3 Å². The quantitative estimate of drug-likeness (QED) is 0.719. The van der Waals surface area contributed by atoms with Gasteiger partial charge < -0.3 is 14.7 Å². The van der Waals surface area contributed by atoms with Crippen molar-refractivity contribution in [2.24, 2.45) is 0 Å². The van der Waals surface area contributed by atoms with Crippen LogP contribution in [0.3, 0.4) is 0 Å². The first-order valence-electron chi connectivity index (χ1n) is 8.14. The van der Waals surface area contributed by atoms with Gasteiger partial charge in [0.1, 0.15) is 0 Å². The zero-order chi connectivity index (χ0) is 17.2. The number of aromatic carboxylic acids is 1. The predicted octanol–water partition coefficient (Wildman–Crippen LogP) is 2.98. The highest BCUT2D eigenvalue weighted by Crippen LogP contribution is 2.13. The summed E-state index contributed by atoms with van der Waals surface area (Å²) in [5, 5.41) is 8.89. The number of carboxylic acids is 1. The molecule has 0 saturated carbocycles. The van der Waals surface area contributed by atoms with Crippen LogP contribution in [0.4, 0.5) is 0 Å². The van der Waals surface area contributed by atoms with Crippen LogP contribution in [0.25, 0.3) is 0 Å².